The molecule has 0 N–H and O–H groups in total. The monoisotopic (exact) mass is 750 g/mol. The first-order chi connectivity index (χ1) is 29.3. The van der Waals surface area contributed by atoms with E-state index in [2.05, 4.69) is 234 Å². The van der Waals surface area contributed by atoms with Crippen molar-refractivity contribution in [3.05, 3.63) is 241 Å². The summed E-state index contributed by atoms with van der Waals surface area (Å²) >= 11 is 0. The quantitative estimate of drug-likeness (QED) is 0.154. The van der Waals surface area contributed by atoms with Gasteiger partial charge in [0, 0.05) is 39.1 Å². The van der Waals surface area contributed by atoms with Crippen molar-refractivity contribution >= 4 is 60.4 Å². The van der Waals surface area contributed by atoms with Gasteiger partial charge >= 0.3 is 0 Å². The SMILES string of the molecule is c1ccc(-c2ccc(N(c3cccc(C4c5ccccc5-c5ccccc54)c3)c3cccc4c3ccc3cc5c6ccccc6n(-c6ccccc6)c5cc34)cc2)cc1. The van der Waals surface area contributed by atoms with Gasteiger partial charge in [0.1, 0.15) is 0 Å². The third-order valence-electron chi connectivity index (χ3n) is 12.4. The van der Waals surface area contributed by atoms with E-state index in [1.807, 2.05) is 0 Å². The molecule has 0 saturated heterocycles. The highest BCUT2D eigenvalue weighted by Crippen LogP contribution is 2.49. The molecule has 276 valence electrons. The van der Waals surface area contributed by atoms with Crippen LogP contribution in [0.15, 0.2) is 224 Å². The van der Waals surface area contributed by atoms with E-state index in [1.165, 1.54) is 82.3 Å². The number of fused-ring (bicyclic) bond motifs is 9. The number of hydrogen-bond donors (Lipinski definition) is 0. The molecule has 10 aromatic carbocycles. The Labute approximate surface area is 343 Å². The minimum atomic E-state index is 0.153. The zero-order chi connectivity index (χ0) is 38.9. The number of rotatable bonds is 6. The molecular weight excluding hydrogens is 713 g/mol. The first kappa shape index (κ1) is 33.5. The lowest BCUT2D eigenvalue weighted by Crippen LogP contribution is -2.11. The fourth-order valence-corrected chi connectivity index (χ4v) is 9.81. The van der Waals surface area contributed by atoms with Crippen LogP contribution in [0.4, 0.5) is 17.1 Å². The smallest absolute Gasteiger partial charge is 0.0547 e. The van der Waals surface area contributed by atoms with Crippen LogP contribution in [0.5, 0.6) is 0 Å². The number of benzene rings is 10. The Balaban J connectivity index is 1.07. The van der Waals surface area contributed by atoms with E-state index < -0.39 is 0 Å². The van der Waals surface area contributed by atoms with Gasteiger partial charge in [0.05, 0.1) is 16.7 Å². The van der Waals surface area contributed by atoms with Gasteiger partial charge in [-0.3, -0.25) is 0 Å². The van der Waals surface area contributed by atoms with Crippen LogP contribution in [0.25, 0.3) is 71.3 Å². The maximum Gasteiger partial charge on any atom is 0.0547 e. The van der Waals surface area contributed by atoms with Crippen molar-refractivity contribution in [2.24, 2.45) is 0 Å². The van der Waals surface area contributed by atoms with Gasteiger partial charge in [0.15, 0.2) is 0 Å². The van der Waals surface area contributed by atoms with E-state index in [-0.39, 0.29) is 5.92 Å². The Morgan fingerprint density at radius 3 is 1.78 bits per heavy atom. The molecule has 1 aliphatic carbocycles. The van der Waals surface area contributed by atoms with Gasteiger partial charge in [0.25, 0.3) is 0 Å². The molecule has 0 bridgehead atoms. The summed E-state index contributed by atoms with van der Waals surface area (Å²) in [4.78, 5) is 2.46. The highest BCUT2D eigenvalue weighted by Gasteiger charge is 2.30. The molecule has 0 fully saturated rings. The van der Waals surface area contributed by atoms with Crippen LogP contribution < -0.4 is 4.90 Å². The van der Waals surface area contributed by atoms with E-state index in [1.54, 1.807) is 0 Å². The normalized spacial score (nSPS) is 12.3. The van der Waals surface area contributed by atoms with Crippen molar-refractivity contribution in [1.82, 2.24) is 4.57 Å². The van der Waals surface area contributed by atoms with Gasteiger partial charge in [0.2, 0.25) is 0 Å². The first-order valence-corrected chi connectivity index (χ1v) is 20.5. The Morgan fingerprint density at radius 2 is 1.00 bits per heavy atom. The number of anilines is 3. The topological polar surface area (TPSA) is 8.17 Å². The first-order valence-electron chi connectivity index (χ1n) is 20.5. The molecule has 59 heavy (non-hydrogen) atoms. The summed E-state index contributed by atoms with van der Waals surface area (Å²) in [6.45, 7) is 0. The summed E-state index contributed by atoms with van der Waals surface area (Å²) in [5, 5.41) is 7.43. The van der Waals surface area contributed by atoms with Crippen molar-refractivity contribution in [3.63, 3.8) is 0 Å². The van der Waals surface area contributed by atoms with Gasteiger partial charge in [-0.1, -0.05) is 164 Å². The van der Waals surface area contributed by atoms with Crippen LogP contribution in [0.3, 0.4) is 0 Å². The van der Waals surface area contributed by atoms with Crippen LogP contribution in [0.1, 0.15) is 22.6 Å². The van der Waals surface area contributed by atoms with Gasteiger partial charge < -0.3 is 9.47 Å². The summed E-state index contributed by atoms with van der Waals surface area (Å²) in [5.74, 6) is 0.153. The summed E-state index contributed by atoms with van der Waals surface area (Å²) in [6, 6.07) is 82.5. The second kappa shape index (κ2) is 13.5. The summed E-state index contributed by atoms with van der Waals surface area (Å²) < 4.78 is 2.41. The van der Waals surface area contributed by atoms with Crippen molar-refractivity contribution in [1.29, 1.82) is 0 Å². The Bertz CT molecular complexity index is 3330. The lowest BCUT2D eigenvalue weighted by atomic mass is 9.89. The van der Waals surface area contributed by atoms with Gasteiger partial charge in [-0.15, -0.1) is 0 Å². The number of nitrogens with zero attached hydrogens (tertiary/aromatic N) is 2. The molecule has 2 heteroatoms. The number of aromatic nitrogens is 1. The molecule has 11 aromatic rings. The average molecular weight is 751 g/mol. The second-order valence-electron chi connectivity index (χ2n) is 15.7. The molecule has 1 aliphatic rings. The van der Waals surface area contributed by atoms with Crippen LogP contribution >= 0.6 is 0 Å². The maximum atomic E-state index is 2.46. The molecule has 1 heterocycles. The van der Waals surface area contributed by atoms with Gasteiger partial charge in [-0.25, -0.2) is 0 Å². The molecule has 0 saturated carbocycles. The van der Waals surface area contributed by atoms with Crippen LogP contribution in [-0.2, 0) is 0 Å². The summed E-state index contributed by atoms with van der Waals surface area (Å²) in [7, 11) is 0. The molecule has 0 aliphatic heterocycles. The van der Waals surface area contributed by atoms with Crippen molar-refractivity contribution in [3.8, 4) is 27.9 Å². The lowest BCUT2D eigenvalue weighted by Gasteiger charge is -2.28. The second-order valence-corrected chi connectivity index (χ2v) is 15.7. The summed E-state index contributed by atoms with van der Waals surface area (Å²) in [5.41, 5.74) is 16.0. The maximum absolute atomic E-state index is 2.46. The van der Waals surface area contributed by atoms with E-state index in [0.29, 0.717) is 0 Å². The molecule has 0 radical (unpaired) electrons. The zero-order valence-electron chi connectivity index (χ0n) is 32.3. The zero-order valence-corrected chi connectivity index (χ0v) is 32.3. The fraction of sp³-hybridized carbons (Fsp3) is 0.0175. The van der Waals surface area contributed by atoms with Crippen molar-refractivity contribution in [2.75, 3.05) is 4.90 Å². The lowest BCUT2D eigenvalue weighted by molar-refractivity contribution is 1.01. The minimum Gasteiger partial charge on any atom is -0.310 e. The molecule has 0 unspecified atom stereocenters. The van der Waals surface area contributed by atoms with E-state index in [4.69, 9.17) is 0 Å². The van der Waals surface area contributed by atoms with Crippen molar-refractivity contribution < 1.29 is 0 Å². The minimum absolute atomic E-state index is 0.153. The van der Waals surface area contributed by atoms with E-state index in [9.17, 15) is 0 Å². The third-order valence-corrected chi connectivity index (χ3v) is 12.4. The van der Waals surface area contributed by atoms with E-state index in [0.717, 1.165) is 22.7 Å². The largest absolute Gasteiger partial charge is 0.310 e. The predicted molar refractivity (Wildman–Crippen MR) is 249 cm³/mol. The highest BCUT2D eigenvalue weighted by atomic mass is 15.1. The predicted octanol–water partition coefficient (Wildman–Crippen LogP) is 15.4. The molecule has 0 spiro atoms. The summed E-state index contributed by atoms with van der Waals surface area (Å²) in [6.07, 6.45) is 0. The Hall–Kier alpha value is -7.68. The molecule has 2 nitrogen and oxygen atoms in total. The van der Waals surface area contributed by atoms with E-state index >= 15 is 0 Å². The number of para-hydroxylation sites is 2. The highest BCUT2D eigenvalue weighted by molar-refractivity contribution is 6.20. The molecule has 0 atom stereocenters. The molecule has 0 amide bonds. The average Bonchev–Trinajstić information content (AvgIpc) is 3.82. The standard InChI is InChI=1S/C57H38N2/c1-3-15-38(16-4-1)39-29-32-43(33-30-39)58(44-20-13-17-41(35-44)57-50-24-9-7-21-45(50)46-22-8-10-25-51(46)57)54-28-14-26-47-49(54)34-31-40-36-53-48-23-11-12-27-55(48)59(56(53)37-52(40)47)42-18-5-2-6-19-42/h1-37,57H. The Morgan fingerprint density at radius 1 is 0.356 bits per heavy atom. The molecular formula is C57H38N2. The van der Waals surface area contributed by atoms with Crippen LogP contribution in [0, 0.1) is 0 Å². The van der Waals surface area contributed by atoms with Crippen LogP contribution in [-0.4, -0.2) is 4.57 Å². The fourth-order valence-electron chi connectivity index (χ4n) is 9.81. The van der Waals surface area contributed by atoms with Crippen molar-refractivity contribution in [2.45, 2.75) is 5.92 Å². The Kier molecular flexibility index (Phi) is 7.64. The molecule has 12 rings (SSSR count). The third kappa shape index (κ3) is 5.34. The number of hydrogen-bond acceptors (Lipinski definition) is 1. The van der Waals surface area contributed by atoms with Gasteiger partial charge in [-0.05, 0) is 116 Å². The van der Waals surface area contributed by atoms with Gasteiger partial charge in [-0.2, -0.15) is 0 Å². The molecule has 1 aromatic heterocycles. The van der Waals surface area contributed by atoms with Crippen LogP contribution in [0.2, 0.25) is 0 Å².